The Balaban J connectivity index is 2.25. The Kier molecular flexibility index (Phi) is 19.0. The number of quaternary nitrogens is 1. The fraction of sp³-hybridized carbons (Fsp3) is 1.00. The van der Waals surface area contributed by atoms with Crippen LogP contribution in [0.3, 0.4) is 0 Å². The van der Waals surface area contributed by atoms with E-state index in [0.717, 1.165) is 22.9 Å². The summed E-state index contributed by atoms with van der Waals surface area (Å²) < 4.78 is 18.5. The predicted octanol–water partition coefficient (Wildman–Crippen LogP) is 9.54. The van der Waals surface area contributed by atoms with Crippen LogP contribution in [0.2, 0.25) is 6.04 Å². The topological polar surface area (TPSA) is 27.7 Å². The molecule has 0 aromatic carbocycles. The number of nitrogens with zero attached hydrogens (tertiary/aromatic N) is 1. The lowest BCUT2D eigenvalue weighted by molar-refractivity contribution is -0.944. The van der Waals surface area contributed by atoms with Crippen molar-refractivity contribution in [1.82, 2.24) is 0 Å². The van der Waals surface area contributed by atoms with Crippen LogP contribution in [0.5, 0.6) is 0 Å². The fourth-order valence-electron chi connectivity index (χ4n) is 6.69. The summed E-state index contributed by atoms with van der Waals surface area (Å²) in [5, 5.41) is 0. The number of hydrogen-bond acceptors (Lipinski definition) is 3. The molecule has 0 aromatic heterocycles. The van der Waals surface area contributed by atoms with Gasteiger partial charge in [-0.2, -0.15) is 0 Å². The highest BCUT2D eigenvalue weighted by Crippen LogP contribution is 2.44. The van der Waals surface area contributed by atoms with Gasteiger partial charge >= 0.3 is 8.80 Å². The summed E-state index contributed by atoms with van der Waals surface area (Å²) in [6, 6.07) is 0.922. The first kappa shape index (κ1) is 35.1. The van der Waals surface area contributed by atoms with Crippen LogP contribution in [0.25, 0.3) is 0 Å². The quantitative estimate of drug-likeness (QED) is 0.0690. The second kappa shape index (κ2) is 20.0. The molecule has 1 aliphatic carbocycles. The van der Waals surface area contributed by atoms with E-state index in [4.69, 9.17) is 13.3 Å². The zero-order valence-corrected chi connectivity index (χ0v) is 27.5. The average molecular weight is 543 g/mol. The maximum Gasteiger partial charge on any atom is 0.500 e. The molecule has 1 saturated carbocycles. The molecule has 0 radical (unpaired) electrons. The molecule has 0 heterocycles. The highest BCUT2D eigenvalue weighted by atomic mass is 28.4. The van der Waals surface area contributed by atoms with Crippen molar-refractivity contribution in [2.75, 3.05) is 42.0 Å². The minimum absolute atomic E-state index is 0.329. The fourth-order valence-corrected chi connectivity index (χ4v) is 8.58. The van der Waals surface area contributed by atoms with Crippen LogP contribution >= 0.6 is 0 Å². The van der Waals surface area contributed by atoms with Gasteiger partial charge in [0.1, 0.15) is 0 Å². The van der Waals surface area contributed by atoms with E-state index in [9.17, 15) is 0 Å². The Hall–Kier alpha value is 0.0569. The van der Waals surface area contributed by atoms with Gasteiger partial charge in [0.15, 0.2) is 0 Å². The number of rotatable bonds is 24. The average Bonchev–Trinajstić information content (AvgIpc) is 2.90. The van der Waals surface area contributed by atoms with Crippen molar-refractivity contribution >= 4 is 8.80 Å². The van der Waals surface area contributed by atoms with Gasteiger partial charge in [-0.15, -0.1) is 0 Å². The van der Waals surface area contributed by atoms with E-state index in [2.05, 4.69) is 27.9 Å². The van der Waals surface area contributed by atoms with Crippen LogP contribution in [0.1, 0.15) is 149 Å². The molecule has 0 spiro atoms. The molecule has 5 heteroatoms. The number of unbranched alkanes of at least 4 members (excludes halogenated alkanes) is 15. The van der Waals surface area contributed by atoms with E-state index < -0.39 is 8.80 Å². The molecule has 0 unspecified atom stereocenters. The van der Waals surface area contributed by atoms with Crippen molar-refractivity contribution < 1.29 is 17.8 Å². The second-order valence-corrected chi connectivity index (χ2v) is 16.0. The largest absolute Gasteiger partial charge is 0.500 e. The van der Waals surface area contributed by atoms with E-state index in [-0.39, 0.29) is 0 Å². The Bertz CT molecular complexity index is 522. The van der Waals surface area contributed by atoms with Gasteiger partial charge < -0.3 is 17.8 Å². The van der Waals surface area contributed by atoms with Gasteiger partial charge in [0, 0.05) is 46.6 Å². The maximum absolute atomic E-state index is 5.79. The van der Waals surface area contributed by atoms with Crippen molar-refractivity contribution in [3.63, 3.8) is 0 Å². The van der Waals surface area contributed by atoms with Crippen LogP contribution in [-0.2, 0) is 13.3 Å². The molecule has 0 aromatic rings. The molecule has 0 N–H and O–H groups in total. The van der Waals surface area contributed by atoms with Crippen molar-refractivity contribution in [2.24, 2.45) is 5.92 Å². The Morgan fingerprint density at radius 1 is 0.649 bits per heavy atom. The van der Waals surface area contributed by atoms with Crippen molar-refractivity contribution in [3.05, 3.63) is 0 Å². The lowest BCUT2D eigenvalue weighted by atomic mass is 9.73. The molecule has 1 aliphatic rings. The molecule has 0 aliphatic heterocycles. The molecule has 4 nitrogen and oxygen atoms in total. The monoisotopic (exact) mass is 542 g/mol. The first-order valence-corrected chi connectivity index (χ1v) is 18.2. The molecule has 37 heavy (non-hydrogen) atoms. The van der Waals surface area contributed by atoms with Gasteiger partial charge in [0.25, 0.3) is 0 Å². The van der Waals surface area contributed by atoms with E-state index in [1.807, 2.05) is 0 Å². The van der Waals surface area contributed by atoms with Crippen molar-refractivity contribution in [2.45, 2.75) is 160 Å². The van der Waals surface area contributed by atoms with Gasteiger partial charge in [0.2, 0.25) is 0 Å². The summed E-state index contributed by atoms with van der Waals surface area (Å²) in [5.41, 5.74) is 0.329. The van der Waals surface area contributed by atoms with Crippen LogP contribution in [0.4, 0.5) is 0 Å². The standard InChI is InChI=1S/C32H68NO3Si/c1-8-9-10-11-12-13-14-15-16-17-18-19-20-21-22-23-29-33(3,4)32(26-24-31(2)25-27-32)28-30-37(34-5,35-6)36-7/h31H,8-30H2,1-7H3/q+1. The predicted molar refractivity (Wildman–Crippen MR) is 163 cm³/mol. The molecular weight excluding hydrogens is 474 g/mol. The van der Waals surface area contributed by atoms with Crippen LogP contribution in [-0.4, -0.2) is 60.8 Å². The first-order chi connectivity index (χ1) is 17.8. The van der Waals surface area contributed by atoms with Crippen molar-refractivity contribution in [1.29, 1.82) is 0 Å². The molecule has 222 valence electrons. The Morgan fingerprint density at radius 2 is 1.03 bits per heavy atom. The first-order valence-electron chi connectivity index (χ1n) is 16.3. The molecule has 0 bridgehead atoms. The smallest absolute Gasteiger partial charge is 0.377 e. The van der Waals surface area contributed by atoms with Gasteiger partial charge in [-0.05, 0) is 31.6 Å². The second-order valence-electron chi connectivity index (χ2n) is 12.9. The van der Waals surface area contributed by atoms with Crippen LogP contribution < -0.4 is 0 Å². The van der Waals surface area contributed by atoms with E-state index in [1.165, 1.54) is 135 Å². The summed E-state index contributed by atoms with van der Waals surface area (Å²) in [6.07, 6.45) is 29.4. The van der Waals surface area contributed by atoms with Gasteiger partial charge in [0.05, 0.1) is 26.2 Å². The van der Waals surface area contributed by atoms with E-state index in [1.54, 1.807) is 21.3 Å². The molecular formula is C32H68NO3Si+. The highest BCUT2D eigenvalue weighted by molar-refractivity contribution is 6.60. The Morgan fingerprint density at radius 3 is 1.41 bits per heavy atom. The molecule has 0 saturated heterocycles. The minimum atomic E-state index is -2.53. The van der Waals surface area contributed by atoms with E-state index in [0.29, 0.717) is 5.54 Å². The normalized spacial score (nSPS) is 21.0. The van der Waals surface area contributed by atoms with Gasteiger partial charge in [-0.1, -0.05) is 104 Å². The molecule has 1 fully saturated rings. The minimum Gasteiger partial charge on any atom is -0.377 e. The summed E-state index contributed by atoms with van der Waals surface area (Å²) >= 11 is 0. The summed E-state index contributed by atoms with van der Waals surface area (Å²) in [4.78, 5) is 0. The zero-order valence-electron chi connectivity index (χ0n) is 26.5. The van der Waals surface area contributed by atoms with Crippen LogP contribution in [0, 0.1) is 5.92 Å². The van der Waals surface area contributed by atoms with Gasteiger partial charge in [-0.25, -0.2) is 0 Å². The third-order valence-corrected chi connectivity index (χ3v) is 12.6. The third-order valence-electron chi connectivity index (χ3n) is 9.89. The SMILES string of the molecule is CCCCCCCCCCCCCCCCCC[N+](C)(C)C1(CC[Si](OC)(OC)OC)CCC(C)CC1. The lowest BCUT2D eigenvalue weighted by Gasteiger charge is -2.52. The lowest BCUT2D eigenvalue weighted by Crippen LogP contribution is -2.62. The maximum atomic E-state index is 5.79. The van der Waals surface area contributed by atoms with E-state index >= 15 is 0 Å². The molecule has 1 rings (SSSR count). The summed E-state index contributed by atoms with van der Waals surface area (Å²) in [7, 11) is 7.73. The van der Waals surface area contributed by atoms with Crippen LogP contribution in [0.15, 0.2) is 0 Å². The molecule has 0 amide bonds. The number of hydrogen-bond donors (Lipinski definition) is 0. The third kappa shape index (κ3) is 13.3. The summed E-state index contributed by atoms with van der Waals surface area (Å²) in [6.45, 7) is 6.02. The summed E-state index contributed by atoms with van der Waals surface area (Å²) in [5.74, 6) is 0.859. The van der Waals surface area contributed by atoms with Crippen molar-refractivity contribution in [3.8, 4) is 0 Å². The Labute approximate surface area is 234 Å². The highest BCUT2D eigenvalue weighted by Gasteiger charge is 2.50. The zero-order chi connectivity index (χ0) is 27.5. The van der Waals surface area contributed by atoms with Gasteiger partial charge in [-0.3, -0.25) is 0 Å². The molecule has 0 atom stereocenters.